The molecule has 26 heavy (non-hydrogen) atoms. The molecule has 0 aliphatic heterocycles. The van der Waals surface area contributed by atoms with Gasteiger partial charge >= 0.3 is 6.18 Å². The number of hydrogen-bond donors (Lipinski definition) is 0. The molecule has 0 saturated heterocycles. The molecular formula is C16H21ClF3N3O3. The lowest BCUT2D eigenvalue weighted by Gasteiger charge is -2.19. The zero-order chi connectivity index (χ0) is 18.3. The molecule has 0 unspecified atom stereocenters. The number of aromatic nitrogens is 2. The Balaban J connectivity index is 0.00000338. The minimum absolute atomic E-state index is 0. The lowest BCUT2D eigenvalue weighted by Crippen LogP contribution is -2.30. The Morgan fingerprint density at radius 2 is 1.62 bits per heavy atom. The number of alkyl halides is 3. The summed E-state index contributed by atoms with van der Waals surface area (Å²) in [7, 11) is 3.23. The molecule has 0 saturated carbocycles. The van der Waals surface area contributed by atoms with Gasteiger partial charge < -0.3 is 14.0 Å². The van der Waals surface area contributed by atoms with Crippen LogP contribution >= 0.6 is 12.4 Å². The molecule has 2 aromatic rings. The van der Waals surface area contributed by atoms with E-state index >= 15 is 0 Å². The molecule has 6 nitrogen and oxygen atoms in total. The maximum Gasteiger partial charge on any atom is 0.416 e. The molecule has 0 N–H and O–H groups in total. The Hall–Kier alpha value is -1.68. The van der Waals surface area contributed by atoms with Crippen LogP contribution in [0.15, 0.2) is 28.8 Å². The number of halogens is 4. The predicted molar refractivity (Wildman–Crippen MR) is 91.0 cm³/mol. The van der Waals surface area contributed by atoms with Gasteiger partial charge in [0.2, 0.25) is 11.7 Å². The zero-order valence-electron chi connectivity index (χ0n) is 14.5. The molecule has 146 valence electrons. The Morgan fingerprint density at radius 1 is 1.04 bits per heavy atom. The second-order valence-corrected chi connectivity index (χ2v) is 5.35. The fraction of sp³-hybridized carbons (Fsp3) is 0.500. The topological polar surface area (TPSA) is 60.6 Å². The molecule has 0 amide bonds. The molecule has 1 aromatic heterocycles. The van der Waals surface area contributed by atoms with Crippen LogP contribution in [0, 0.1) is 0 Å². The SMILES string of the molecule is COCCN(CCOC)Cc1nc(-c2ccc(C(F)(F)F)cc2)no1.Cl. The number of nitrogens with zero attached hydrogens (tertiary/aromatic N) is 3. The first kappa shape index (κ1) is 22.4. The summed E-state index contributed by atoms with van der Waals surface area (Å²) in [6.45, 7) is 2.82. The van der Waals surface area contributed by atoms with Crippen molar-refractivity contribution in [2.75, 3.05) is 40.5 Å². The van der Waals surface area contributed by atoms with Crippen molar-refractivity contribution in [1.29, 1.82) is 0 Å². The van der Waals surface area contributed by atoms with Gasteiger partial charge in [-0.05, 0) is 12.1 Å². The van der Waals surface area contributed by atoms with E-state index in [9.17, 15) is 13.2 Å². The average Bonchev–Trinajstić information content (AvgIpc) is 3.05. The van der Waals surface area contributed by atoms with Gasteiger partial charge in [0.1, 0.15) is 0 Å². The van der Waals surface area contributed by atoms with E-state index in [1.54, 1.807) is 14.2 Å². The van der Waals surface area contributed by atoms with Crippen LogP contribution in [0.1, 0.15) is 11.5 Å². The molecule has 0 radical (unpaired) electrons. The van der Waals surface area contributed by atoms with Crippen molar-refractivity contribution in [1.82, 2.24) is 15.0 Å². The minimum Gasteiger partial charge on any atom is -0.383 e. The molecule has 1 aromatic carbocycles. The molecule has 0 spiro atoms. The van der Waals surface area contributed by atoms with Crippen LogP contribution in [-0.4, -0.2) is 55.6 Å². The predicted octanol–water partition coefficient (Wildman–Crippen LogP) is 3.27. The van der Waals surface area contributed by atoms with Crippen molar-refractivity contribution < 1.29 is 27.2 Å². The number of methoxy groups -OCH3 is 2. The van der Waals surface area contributed by atoms with Gasteiger partial charge in [0.05, 0.1) is 25.3 Å². The molecule has 0 atom stereocenters. The van der Waals surface area contributed by atoms with Gasteiger partial charge in [0.15, 0.2) is 0 Å². The molecule has 10 heteroatoms. The highest BCUT2D eigenvalue weighted by atomic mass is 35.5. The molecule has 0 aliphatic carbocycles. The second-order valence-electron chi connectivity index (χ2n) is 5.35. The molecule has 2 rings (SSSR count). The van der Waals surface area contributed by atoms with Crippen molar-refractivity contribution in [3.05, 3.63) is 35.7 Å². The van der Waals surface area contributed by atoms with Crippen LogP contribution in [0.5, 0.6) is 0 Å². The summed E-state index contributed by atoms with van der Waals surface area (Å²) in [6.07, 6.45) is -4.37. The summed E-state index contributed by atoms with van der Waals surface area (Å²) in [4.78, 5) is 6.27. The minimum atomic E-state index is -4.37. The van der Waals surface area contributed by atoms with Gasteiger partial charge in [-0.2, -0.15) is 18.2 Å². The van der Waals surface area contributed by atoms with E-state index in [4.69, 9.17) is 14.0 Å². The number of ether oxygens (including phenoxy) is 2. The van der Waals surface area contributed by atoms with E-state index in [0.29, 0.717) is 44.3 Å². The molecular weight excluding hydrogens is 375 g/mol. The van der Waals surface area contributed by atoms with Crippen LogP contribution in [-0.2, 0) is 22.2 Å². The number of rotatable bonds is 9. The second kappa shape index (κ2) is 10.5. The highest BCUT2D eigenvalue weighted by molar-refractivity contribution is 5.85. The van der Waals surface area contributed by atoms with Gasteiger partial charge in [0.25, 0.3) is 0 Å². The Labute approximate surface area is 155 Å². The smallest absolute Gasteiger partial charge is 0.383 e. The zero-order valence-corrected chi connectivity index (χ0v) is 15.3. The summed E-state index contributed by atoms with van der Waals surface area (Å²) in [5.41, 5.74) is -0.256. The Bertz CT molecular complexity index is 642. The van der Waals surface area contributed by atoms with Crippen LogP contribution in [0.3, 0.4) is 0 Å². The summed E-state index contributed by atoms with van der Waals surface area (Å²) >= 11 is 0. The number of hydrogen-bond acceptors (Lipinski definition) is 6. The monoisotopic (exact) mass is 395 g/mol. The summed E-state index contributed by atoms with van der Waals surface area (Å²) < 4.78 is 53.1. The van der Waals surface area contributed by atoms with Gasteiger partial charge in [0, 0.05) is 32.9 Å². The lowest BCUT2D eigenvalue weighted by atomic mass is 10.1. The Morgan fingerprint density at radius 3 is 2.12 bits per heavy atom. The third-order valence-corrected chi connectivity index (χ3v) is 3.52. The highest BCUT2D eigenvalue weighted by Crippen LogP contribution is 2.30. The van der Waals surface area contributed by atoms with Crippen molar-refractivity contribution in [3.63, 3.8) is 0 Å². The van der Waals surface area contributed by atoms with Gasteiger partial charge in [-0.25, -0.2) is 0 Å². The maximum atomic E-state index is 12.6. The number of benzene rings is 1. The summed E-state index contributed by atoms with van der Waals surface area (Å²) in [5, 5.41) is 3.84. The van der Waals surface area contributed by atoms with E-state index in [1.807, 2.05) is 4.90 Å². The first-order valence-corrected chi connectivity index (χ1v) is 7.64. The van der Waals surface area contributed by atoms with E-state index in [2.05, 4.69) is 10.1 Å². The first-order chi connectivity index (χ1) is 11.9. The average molecular weight is 396 g/mol. The first-order valence-electron chi connectivity index (χ1n) is 7.64. The van der Waals surface area contributed by atoms with Gasteiger partial charge in [-0.15, -0.1) is 12.4 Å². The quantitative estimate of drug-likeness (QED) is 0.649. The molecule has 0 aliphatic rings. The molecule has 0 fully saturated rings. The lowest BCUT2D eigenvalue weighted by molar-refractivity contribution is -0.137. The van der Waals surface area contributed by atoms with Crippen LogP contribution < -0.4 is 0 Å². The van der Waals surface area contributed by atoms with Crippen LogP contribution in [0.25, 0.3) is 11.4 Å². The third kappa shape index (κ3) is 6.56. The van der Waals surface area contributed by atoms with Crippen molar-refractivity contribution >= 4 is 12.4 Å². The van der Waals surface area contributed by atoms with E-state index < -0.39 is 11.7 Å². The third-order valence-electron chi connectivity index (χ3n) is 3.52. The van der Waals surface area contributed by atoms with Crippen molar-refractivity contribution in [3.8, 4) is 11.4 Å². The van der Waals surface area contributed by atoms with Crippen molar-refractivity contribution in [2.24, 2.45) is 0 Å². The standard InChI is InChI=1S/C16H20F3N3O3.ClH/c1-23-9-7-22(8-10-24-2)11-14-20-15(21-25-14)12-3-5-13(6-4-12)16(17,18)19;/h3-6H,7-11H2,1-2H3;1H. The summed E-state index contributed by atoms with van der Waals surface area (Å²) in [6, 6.07) is 4.64. The van der Waals surface area contributed by atoms with Gasteiger partial charge in [-0.1, -0.05) is 17.3 Å². The van der Waals surface area contributed by atoms with E-state index in [0.717, 1.165) is 12.1 Å². The van der Waals surface area contributed by atoms with Crippen LogP contribution in [0.4, 0.5) is 13.2 Å². The fourth-order valence-corrected chi connectivity index (χ4v) is 2.15. The van der Waals surface area contributed by atoms with Crippen LogP contribution in [0.2, 0.25) is 0 Å². The van der Waals surface area contributed by atoms with Crippen molar-refractivity contribution in [2.45, 2.75) is 12.7 Å². The molecule has 0 bridgehead atoms. The fourth-order valence-electron chi connectivity index (χ4n) is 2.15. The molecule has 1 heterocycles. The van der Waals surface area contributed by atoms with E-state index in [1.165, 1.54) is 12.1 Å². The largest absolute Gasteiger partial charge is 0.416 e. The Kier molecular flexibility index (Phi) is 9.00. The van der Waals surface area contributed by atoms with Gasteiger partial charge in [-0.3, -0.25) is 4.90 Å². The highest BCUT2D eigenvalue weighted by Gasteiger charge is 2.30. The summed E-state index contributed by atoms with van der Waals surface area (Å²) in [5.74, 6) is 0.629. The maximum absolute atomic E-state index is 12.6. The normalized spacial score (nSPS) is 11.6. The van der Waals surface area contributed by atoms with E-state index in [-0.39, 0.29) is 18.2 Å².